The maximum absolute atomic E-state index is 5.11. The molecule has 290 valence electrons. The van der Waals surface area contributed by atoms with Gasteiger partial charge in [0.1, 0.15) is 0 Å². The zero-order valence-electron chi connectivity index (χ0n) is 33.6. The quantitative estimate of drug-likeness (QED) is 0.162. The monoisotopic (exact) mass is 791 g/mol. The average molecular weight is 792 g/mol. The number of para-hydroxylation sites is 2. The molecule has 0 bridgehead atoms. The maximum Gasteiger partial charge on any atom is 0.238 e. The highest BCUT2D eigenvalue weighted by Crippen LogP contribution is 2.39. The predicted molar refractivity (Wildman–Crippen MR) is 256 cm³/mol. The lowest BCUT2D eigenvalue weighted by atomic mass is 10.00. The van der Waals surface area contributed by atoms with Crippen molar-refractivity contribution in [3.8, 4) is 67.8 Å². The lowest BCUT2D eigenvalue weighted by Crippen LogP contribution is -2.06. The summed E-state index contributed by atoms with van der Waals surface area (Å²) in [5.74, 6) is 1.85. The normalized spacial score (nSPS) is 11.5. The maximum atomic E-state index is 5.11. The van der Waals surface area contributed by atoms with Crippen molar-refractivity contribution in [3.05, 3.63) is 224 Å². The Bertz CT molecular complexity index is 3530. The van der Waals surface area contributed by atoms with E-state index in [2.05, 4.69) is 173 Å². The second kappa shape index (κ2) is 14.7. The van der Waals surface area contributed by atoms with Crippen LogP contribution in [0.2, 0.25) is 0 Å². The number of hydrogen-bond donors (Lipinski definition) is 0. The van der Waals surface area contributed by atoms with Crippen LogP contribution in [0, 0.1) is 0 Å². The first-order valence-corrected chi connectivity index (χ1v) is 20.9. The SMILES string of the molecule is c1ccc(-c2ccc(-c3ccc(-n4c5ccccc5c5cc(-c6ccc7c(c6)c6ccccc6n7-c6nc(-c7ccccc7)nc(-c7ccccc7)n6)ccc54)cc3)cc2)cc1. The van der Waals surface area contributed by atoms with Crippen molar-refractivity contribution in [1.29, 1.82) is 0 Å². The van der Waals surface area contributed by atoms with E-state index in [1.165, 1.54) is 44.1 Å². The van der Waals surface area contributed by atoms with Crippen molar-refractivity contribution in [2.24, 2.45) is 0 Å². The second-order valence-electron chi connectivity index (χ2n) is 15.7. The molecule has 3 heterocycles. The fourth-order valence-corrected chi connectivity index (χ4v) is 8.98. The van der Waals surface area contributed by atoms with E-state index in [0.717, 1.165) is 49.7 Å². The molecule has 3 aromatic heterocycles. The van der Waals surface area contributed by atoms with E-state index >= 15 is 0 Å². The van der Waals surface area contributed by atoms with Gasteiger partial charge in [-0.15, -0.1) is 0 Å². The van der Waals surface area contributed by atoms with Gasteiger partial charge in [0, 0.05) is 38.4 Å². The number of hydrogen-bond acceptors (Lipinski definition) is 3. The molecule has 9 aromatic carbocycles. The van der Waals surface area contributed by atoms with E-state index in [1.807, 2.05) is 60.7 Å². The van der Waals surface area contributed by atoms with Crippen LogP contribution in [-0.4, -0.2) is 24.1 Å². The Morgan fingerprint density at radius 3 is 1.10 bits per heavy atom. The Labute approximate surface area is 358 Å². The summed E-state index contributed by atoms with van der Waals surface area (Å²) in [6.07, 6.45) is 0. The van der Waals surface area contributed by atoms with Crippen LogP contribution in [0.25, 0.3) is 111 Å². The molecular weight excluding hydrogens is 755 g/mol. The molecular formula is C57H37N5. The molecule has 0 aliphatic rings. The van der Waals surface area contributed by atoms with E-state index in [1.54, 1.807) is 0 Å². The molecule has 0 spiro atoms. The van der Waals surface area contributed by atoms with Gasteiger partial charge < -0.3 is 4.57 Å². The van der Waals surface area contributed by atoms with Crippen molar-refractivity contribution in [2.45, 2.75) is 0 Å². The molecule has 0 saturated heterocycles. The van der Waals surface area contributed by atoms with Gasteiger partial charge in [0.05, 0.1) is 22.1 Å². The first-order chi connectivity index (χ1) is 30.7. The summed E-state index contributed by atoms with van der Waals surface area (Å²) in [5, 5.41) is 4.72. The smallest absolute Gasteiger partial charge is 0.238 e. The van der Waals surface area contributed by atoms with E-state index in [9.17, 15) is 0 Å². The van der Waals surface area contributed by atoms with E-state index < -0.39 is 0 Å². The molecule has 5 heteroatoms. The standard InChI is InChI=1S/C57H37N5/c1-4-14-38(15-5-1)39-24-26-40(27-25-39)41-28-32-46(33-29-41)61-51-22-12-10-20-47(51)49-36-44(30-34-53(49)61)45-31-35-54-50(37-45)48-21-11-13-23-52(48)62(54)57-59-55(42-16-6-2-7-17-42)58-56(60-57)43-18-8-3-9-19-43/h1-37H. The van der Waals surface area contributed by atoms with Crippen LogP contribution in [-0.2, 0) is 0 Å². The molecule has 12 aromatic rings. The van der Waals surface area contributed by atoms with Gasteiger partial charge in [-0.25, -0.2) is 4.98 Å². The summed E-state index contributed by atoms with van der Waals surface area (Å²) in [4.78, 5) is 15.2. The highest BCUT2D eigenvalue weighted by molar-refractivity contribution is 6.12. The predicted octanol–water partition coefficient (Wildman–Crippen LogP) is 14.4. The highest BCUT2D eigenvalue weighted by Gasteiger charge is 2.19. The third-order valence-corrected chi connectivity index (χ3v) is 12.0. The van der Waals surface area contributed by atoms with Crippen LogP contribution in [0.3, 0.4) is 0 Å². The Morgan fingerprint density at radius 1 is 0.242 bits per heavy atom. The minimum absolute atomic E-state index is 0.583. The Hall–Kier alpha value is -8.41. The zero-order chi connectivity index (χ0) is 41.0. The van der Waals surface area contributed by atoms with Crippen molar-refractivity contribution in [2.75, 3.05) is 0 Å². The van der Waals surface area contributed by atoms with Crippen molar-refractivity contribution >= 4 is 43.6 Å². The topological polar surface area (TPSA) is 48.5 Å². The molecule has 5 nitrogen and oxygen atoms in total. The molecule has 0 unspecified atom stereocenters. The summed E-state index contributed by atoms with van der Waals surface area (Å²) < 4.78 is 4.56. The largest absolute Gasteiger partial charge is 0.309 e. The lowest BCUT2D eigenvalue weighted by Gasteiger charge is -2.11. The molecule has 0 radical (unpaired) electrons. The average Bonchev–Trinajstić information content (AvgIpc) is 3.87. The molecule has 0 aliphatic carbocycles. The molecule has 0 aliphatic heterocycles. The fourth-order valence-electron chi connectivity index (χ4n) is 8.98. The summed E-state index contributed by atoms with van der Waals surface area (Å²) in [5.41, 5.74) is 14.6. The van der Waals surface area contributed by atoms with Crippen LogP contribution in [0.4, 0.5) is 0 Å². The molecule has 0 fully saturated rings. The van der Waals surface area contributed by atoms with Crippen LogP contribution in [0.1, 0.15) is 0 Å². The molecule has 0 N–H and O–H groups in total. The van der Waals surface area contributed by atoms with E-state index in [0.29, 0.717) is 17.6 Å². The van der Waals surface area contributed by atoms with Crippen molar-refractivity contribution in [1.82, 2.24) is 24.1 Å². The Morgan fingerprint density at radius 2 is 0.597 bits per heavy atom. The molecule has 0 saturated carbocycles. The summed E-state index contributed by atoms with van der Waals surface area (Å²) in [7, 11) is 0. The minimum atomic E-state index is 0.583. The van der Waals surface area contributed by atoms with Crippen molar-refractivity contribution < 1.29 is 0 Å². The molecule has 0 amide bonds. The molecule has 62 heavy (non-hydrogen) atoms. The first-order valence-electron chi connectivity index (χ1n) is 20.9. The van der Waals surface area contributed by atoms with Gasteiger partial charge in [-0.2, -0.15) is 9.97 Å². The number of aromatic nitrogens is 5. The minimum Gasteiger partial charge on any atom is -0.309 e. The fraction of sp³-hybridized carbons (Fsp3) is 0. The van der Waals surface area contributed by atoms with E-state index in [-0.39, 0.29) is 0 Å². The summed E-state index contributed by atoms with van der Waals surface area (Å²) in [6.45, 7) is 0. The number of benzene rings is 9. The molecule has 0 atom stereocenters. The van der Waals surface area contributed by atoms with Crippen LogP contribution in [0.5, 0.6) is 0 Å². The van der Waals surface area contributed by atoms with Gasteiger partial charge >= 0.3 is 0 Å². The highest BCUT2D eigenvalue weighted by atomic mass is 15.2. The lowest BCUT2D eigenvalue weighted by molar-refractivity contribution is 0.953. The first kappa shape index (κ1) is 35.5. The summed E-state index contributed by atoms with van der Waals surface area (Å²) in [6, 6.07) is 79.4. The van der Waals surface area contributed by atoms with Crippen LogP contribution >= 0.6 is 0 Å². The van der Waals surface area contributed by atoms with Crippen molar-refractivity contribution in [3.63, 3.8) is 0 Å². The van der Waals surface area contributed by atoms with Crippen LogP contribution < -0.4 is 0 Å². The number of fused-ring (bicyclic) bond motifs is 6. The van der Waals surface area contributed by atoms with Gasteiger partial charge in [0.25, 0.3) is 0 Å². The van der Waals surface area contributed by atoms with Gasteiger partial charge in [-0.05, 0) is 81.9 Å². The molecule has 12 rings (SSSR count). The third kappa shape index (κ3) is 6.06. The summed E-state index contributed by atoms with van der Waals surface area (Å²) >= 11 is 0. The van der Waals surface area contributed by atoms with Gasteiger partial charge in [0.15, 0.2) is 11.6 Å². The van der Waals surface area contributed by atoms with Gasteiger partial charge in [-0.1, -0.05) is 176 Å². The van der Waals surface area contributed by atoms with Crippen LogP contribution in [0.15, 0.2) is 224 Å². The number of nitrogens with zero attached hydrogens (tertiary/aromatic N) is 5. The number of rotatable bonds is 7. The second-order valence-corrected chi connectivity index (χ2v) is 15.7. The van der Waals surface area contributed by atoms with E-state index in [4.69, 9.17) is 15.0 Å². The Balaban J connectivity index is 0.945. The zero-order valence-corrected chi connectivity index (χ0v) is 33.6. The Kier molecular flexibility index (Phi) is 8.42. The third-order valence-electron chi connectivity index (χ3n) is 12.0. The van der Waals surface area contributed by atoms with Gasteiger partial charge in [-0.3, -0.25) is 4.57 Å². The van der Waals surface area contributed by atoms with Gasteiger partial charge in [0.2, 0.25) is 5.95 Å².